The van der Waals surface area contributed by atoms with Gasteiger partial charge >= 0.3 is 0 Å². The lowest BCUT2D eigenvalue weighted by Crippen LogP contribution is -2.19. The number of rotatable bonds is 6. The molecule has 0 radical (unpaired) electrons. The molecule has 0 atom stereocenters. The summed E-state index contributed by atoms with van der Waals surface area (Å²) in [5.41, 5.74) is 1.09. The van der Waals surface area contributed by atoms with Crippen molar-refractivity contribution >= 4 is 11.3 Å². The smallest absolute Gasteiger partial charge is 0.112 e. The average Bonchev–Trinajstić information content (AvgIpc) is 2.90. The van der Waals surface area contributed by atoms with Crippen LogP contribution in [0.4, 0.5) is 0 Å². The van der Waals surface area contributed by atoms with E-state index in [-0.39, 0.29) is 0 Å². The molecular formula is C12H18N4S. The fourth-order valence-corrected chi connectivity index (χ4v) is 2.18. The summed E-state index contributed by atoms with van der Waals surface area (Å²) in [6, 6.07) is 0. The van der Waals surface area contributed by atoms with Gasteiger partial charge < -0.3 is 9.88 Å². The minimum Gasteiger partial charge on any atom is -0.330 e. The molecule has 0 unspecified atom stereocenters. The molecule has 17 heavy (non-hydrogen) atoms. The van der Waals surface area contributed by atoms with Gasteiger partial charge in [-0.1, -0.05) is 13.8 Å². The predicted octanol–water partition coefficient (Wildman–Crippen LogP) is 2.13. The molecule has 2 aromatic heterocycles. The lowest BCUT2D eigenvalue weighted by Gasteiger charge is -2.04. The van der Waals surface area contributed by atoms with E-state index in [1.807, 2.05) is 17.9 Å². The van der Waals surface area contributed by atoms with Gasteiger partial charge in [0.05, 0.1) is 18.6 Å². The number of nitrogens with one attached hydrogen (secondary N) is 1. The van der Waals surface area contributed by atoms with Crippen LogP contribution in [0.5, 0.6) is 0 Å². The SMILES string of the molecule is CC(C)CNCc1cn(Cc2nccs2)cn1. The summed E-state index contributed by atoms with van der Waals surface area (Å²) in [6.45, 7) is 7.08. The van der Waals surface area contributed by atoms with Gasteiger partial charge in [0, 0.05) is 24.3 Å². The van der Waals surface area contributed by atoms with Gasteiger partial charge in [0.1, 0.15) is 5.01 Å². The third-order valence-electron chi connectivity index (χ3n) is 2.35. The highest BCUT2D eigenvalue weighted by Gasteiger charge is 2.01. The molecular weight excluding hydrogens is 232 g/mol. The number of imidazole rings is 1. The van der Waals surface area contributed by atoms with E-state index in [1.165, 1.54) is 0 Å². The van der Waals surface area contributed by atoms with Crippen LogP contribution in [-0.4, -0.2) is 21.1 Å². The summed E-state index contributed by atoms with van der Waals surface area (Å²) in [4.78, 5) is 8.63. The second-order valence-corrected chi connectivity index (χ2v) is 5.47. The minimum absolute atomic E-state index is 0.674. The summed E-state index contributed by atoms with van der Waals surface area (Å²) >= 11 is 1.67. The van der Waals surface area contributed by atoms with Crippen LogP contribution < -0.4 is 5.32 Å². The molecule has 0 bridgehead atoms. The lowest BCUT2D eigenvalue weighted by atomic mass is 10.2. The van der Waals surface area contributed by atoms with E-state index < -0.39 is 0 Å². The van der Waals surface area contributed by atoms with Gasteiger partial charge in [-0.3, -0.25) is 0 Å². The molecule has 0 aliphatic heterocycles. The van der Waals surface area contributed by atoms with E-state index in [0.717, 1.165) is 30.3 Å². The van der Waals surface area contributed by atoms with Crippen molar-refractivity contribution in [3.63, 3.8) is 0 Å². The van der Waals surface area contributed by atoms with Crippen LogP contribution in [0.2, 0.25) is 0 Å². The fourth-order valence-electron chi connectivity index (χ4n) is 1.56. The van der Waals surface area contributed by atoms with Crippen molar-refractivity contribution in [3.8, 4) is 0 Å². The van der Waals surface area contributed by atoms with Gasteiger partial charge in [0.15, 0.2) is 0 Å². The maximum atomic E-state index is 4.37. The first-order valence-electron chi connectivity index (χ1n) is 5.84. The normalized spacial score (nSPS) is 11.2. The van der Waals surface area contributed by atoms with E-state index in [4.69, 9.17) is 0 Å². The molecule has 0 aromatic carbocycles. The molecule has 0 saturated heterocycles. The van der Waals surface area contributed by atoms with E-state index >= 15 is 0 Å². The van der Waals surface area contributed by atoms with E-state index in [1.54, 1.807) is 11.3 Å². The molecule has 0 aliphatic rings. The van der Waals surface area contributed by atoms with Gasteiger partial charge in [-0.2, -0.15) is 0 Å². The van der Waals surface area contributed by atoms with Crippen molar-refractivity contribution in [2.45, 2.75) is 26.9 Å². The predicted molar refractivity (Wildman–Crippen MR) is 70.0 cm³/mol. The third-order valence-corrected chi connectivity index (χ3v) is 3.11. The minimum atomic E-state index is 0.674. The Hall–Kier alpha value is -1.20. The van der Waals surface area contributed by atoms with Gasteiger partial charge in [-0.05, 0) is 12.5 Å². The zero-order valence-electron chi connectivity index (χ0n) is 10.3. The summed E-state index contributed by atoms with van der Waals surface area (Å²) in [5.74, 6) is 0.674. The van der Waals surface area contributed by atoms with Gasteiger partial charge in [-0.25, -0.2) is 9.97 Å². The largest absolute Gasteiger partial charge is 0.330 e. The maximum Gasteiger partial charge on any atom is 0.112 e. The fraction of sp³-hybridized carbons (Fsp3) is 0.500. The molecule has 0 aliphatic carbocycles. The molecule has 2 heterocycles. The molecule has 0 spiro atoms. The summed E-state index contributed by atoms with van der Waals surface area (Å²) in [6.07, 6.45) is 5.78. The van der Waals surface area contributed by atoms with Crippen molar-refractivity contribution in [2.75, 3.05) is 6.54 Å². The molecule has 0 fully saturated rings. The summed E-state index contributed by atoms with van der Waals surface area (Å²) in [7, 11) is 0. The number of nitrogens with zero attached hydrogens (tertiary/aromatic N) is 3. The third kappa shape index (κ3) is 3.94. The first-order chi connectivity index (χ1) is 8.24. The van der Waals surface area contributed by atoms with Crippen LogP contribution in [0.25, 0.3) is 0 Å². The molecule has 0 amide bonds. The molecule has 1 N–H and O–H groups in total. The zero-order valence-corrected chi connectivity index (χ0v) is 11.1. The Morgan fingerprint density at radius 1 is 1.41 bits per heavy atom. The quantitative estimate of drug-likeness (QED) is 0.854. The molecule has 0 saturated carbocycles. The van der Waals surface area contributed by atoms with Crippen LogP contribution in [-0.2, 0) is 13.1 Å². The highest BCUT2D eigenvalue weighted by molar-refractivity contribution is 7.09. The van der Waals surface area contributed by atoms with Crippen molar-refractivity contribution < 1.29 is 0 Å². The molecule has 92 valence electrons. The van der Waals surface area contributed by atoms with Crippen molar-refractivity contribution in [3.05, 3.63) is 34.8 Å². The van der Waals surface area contributed by atoms with E-state index in [0.29, 0.717) is 5.92 Å². The van der Waals surface area contributed by atoms with Crippen LogP contribution in [0.15, 0.2) is 24.1 Å². The Kier molecular flexibility index (Phi) is 4.28. The Bertz CT molecular complexity index is 433. The monoisotopic (exact) mass is 250 g/mol. The molecule has 2 rings (SSSR count). The first kappa shape index (κ1) is 12.3. The maximum absolute atomic E-state index is 4.37. The summed E-state index contributed by atoms with van der Waals surface area (Å²) in [5, 5.41) is 6.50. The Morgan fingerprint density at radius 2 is 2.29 bits per heavy atom. The Labute approximate surface area is 106 Å². The standard InChI is InChI=1S/C12H18N4S/c1-10(2)5-13-6-11-7-16(9-15-11)8-12-14-3-4-17-12/h3-4,7,9-10,13H,5-6,8H2,1-2H3. The Morgan fingerprint density at radius 3 is 3.00 bits per heavy atom. The van der Waals surface area contributed by atoms with Crippen molar-refractivity contribution in [1.29, 1.82) is 0 Å². The number of hydrogen-bond acceptors (Lipinski definition) is 4. The van der Waals surface area contributed by atoms with Gasteiger partial charge in [0.25, 0.3) is 0 Å². The topological polar surface area (TPSA) is 42.7 Å². The van der Waals surface area contributed by atoms with Crippen molar-refractivity contribution in [2.24, 2.45) is 5.92 Å². The average molecular weight is 250 g/mol. The van der Waals surface area contributed by atoms with Crippen LogP contribution in [0.3, 0.4) is 0 Å². The second-order valence-electron chi connectivity index (χ2n) is 4.49. The zero-order chi connectivity index (χ0) is 12.1. The van der Waals surface area contributed by atoms with Gasteiger partial charge in [0.2, 0.25) is 0 Å². The number of thiazole rings is 1. The molecule has 5 heteroatoms. The Balaban J connectivity index is 1.83. The van der Waals surface area contributed by atoms with Crippen molar-refractivity contribution in [1.82, 2.24) is 19.9 Å². The van der Waals surface area contributed by atoms with E-state index in [9.17, 15) is 0 Å². The molecule has 2 aromatic rings. The van der Waals surface area contributed by atoms with Crippen LogP contribution >= 0.6 is 11.3 Å². The molecule has 4 nitrogen and oxygen atoms in total. The van der Waals surface area contributed by atoms with Crippen LogP contribution in [0.1, 0.15) is 24.5 Å². The number of aromatic nitrogens is 3. The highest BCUT2D eigenvalue weighted by atomic mass is 32.1. The van der Waals surface area contributed by atoms with Crippen LogP contribution in [0, 0.1) is 5.92 Å². The number of hydrogen-bond donors (Lipinski definition) is 1. The summed E-state index contributed by atoms with van der Waals surface area (Å²) < 4.78 is 2.07. The lowest BCUT2D eigenvalue weighted by molar-refractivity contribution is 0.548. The highest BCUT2D eigenvalue weighted by Crippen LogP contribution is 2.07. The first-order valence-corrected chi connectivity index (χ1v) is 6.71. The second kappa shape index (κ2) is 5.93. The van der Waals surface area contributed by atoms with Gasteiger partial charge in [-0.15, -0.1) is 11.3 Å². The van der Waals surface area contributed by atoms with E-state index in [2.05, 4.69) is 39.9 Å².